The molecule has 21 heavy (non-hydrogen) atoms. The first-order valence-electron chi connectivity index (χ1n) is 5.78. The van der Waals surface area contributed by atoms with E-state index in [1.165, 1.54) is 0 Å². The van der Waals surface area contributed by atoms with E-state index in [1.807, 2.05) is 0 Å². The number of Topliss-reactive ketones (excluding diaryl/α,β-unsaturated/α-hetero) is 1. The van der Waals surface area contributed by atoms with E-state index in [9.17, 15) is 23.7 Å². The number of ketones is 1. The Bertz CT molecular complexity index is 707. The third-order valence-corrected chi connectivity index (χ3v) is 3.27. The van der Waals surface area contributed by atoms with Crippen LogP contribution < -0.4 is 0 Å². The molecule has 0 N–H and O–H groups in total. The maximum absolute atomic E-state index is 13.3. The summed E-state index contributed by atoms with van der Waals surface area (Å²) in [7, 11) is 0. The zero-order valence-electron chi connectivity index (χ0n) is 10.4. The molecule has 0 radical (unpaired) electrons. The predicted octanol–water partition coefficient (Wildman–Crippen LogP) is 4.04. The zero-order valence-corrected chi connectivity index (χ0v) is 11.2. The van der Waals surface area contributed by atoms with Crippen LogP contribution in [-0.4, -0.2) is 10.7 Å². The Morgan fingerprint density at radius 2 is 1.71 bits per heavy atom. The summed E-state index contributed by atoms with van der Waals surface area (Å²) in [5.41, 5.74) is -0.980. The predicted molar refractivity (Wildman–Crippen MR) is 72.4 cm³/mol. The van der Waals surface area contributed by atoms with E-state index in [1.54, 1.807) is 30.3 Å². The Hall–Kier alpha value is -2.34. The highest BCUT2D eigenvalue weighted by atomic mass is 35.5. The van der Waals surface area contributed by atoms with Gasteiger partial charge in [-0.1, -0.05) is 30.3 Å². The molecule has 1 atom stereocenters. The number of benzene rings is 2. The van der Waals surface area contributed by atoms with Crippen molar-refractivity contribution in [3.05, 3.63) is 75.3 Å². The Labute approximate surface area is 123 Å². The minimum absolute atomic E-state index is 0.372. The van der Waals surface area contributed by atoms with Crippen molar-refractivity contribution in [3.8, 4) is 0 Å². The molecule has 0 aliphatic heterocycles. The van der Waals surface area contributed by atoms with Gasteiger partial charge in [-0.25, -0.2) is 8.78 Å². The van der Waals surface area contributed by atoms with Gasteiger partial charge in [-0.15, -0.1) is 11.6 Å². The number of carbonyl (C=O) groups excluding carboxylic acids is 1. The Morgan fingerprint density at radius 1 is 1.14 bits per heavy atom. The lowest BCUT2D eigenvalue weighted by molar-refractivity contribution is -0.385. The van der Waals surface area contributed by atoms with Crippen LogP contribution in [0.4, 0.5) is 14.5 Å². The molecule has 0 spiro atoms. The summed E-state index contributed by atoms with van der Waals surface area (Å²) < 4.78 is 26.3. The summed E-state index contributed by atoms with van der Waals surface area (Å²) in [6.45, 7) is 0. The average Bonchev–Trinajstić information content (AvgIpc) is 2.48. The molecule has 0 fully saturated rings. The molecule has 0 saturated carbocycles. The number of alkyl halides is 1. The minimum atomic E-state index is -1.40. The summed E-state index contributed by atoms with van der Waals surface area (Å²) in [4.78, 5) is 22.1. The highest BCUT2D eigenvalue weighted by molar-refractivity contribution is 6.34. The van der Waals surface area contributed by atoms with Crippen LogP contribution in [0.1, 0.15) is 21.3 Å². The Morgan fingerprint density at radius 3 is 2.29 bits per heavy atom. The van der Waals surface area contributed by atoms with Crippen LogP contribution in [-0.2, 0) is 0 Å². The van der Waals surface area contributed by atoms with E-state index in [0.717, 1.165) is 0 Å². The van der Waals surface area contributed by atoms with E-state index in [2.05, 4.69) is 0 Å². The summed E-state index contributed by atoms with van der Waals surface area (Å²) in [6, 6.07) is 8.96. The van der Waals surface area contributed by atoms with Crippen LogP contribution in [0.15, 0.2) is 42.5 Å². The van der Waals surface area contributed by atoms with Gasteiger partial charge >= 0.3 is 0 Å². The number of halogens is 3. The van der Waals surface area contributed by atoms with E-state index >= 15 is 0 Å². The minimum Gasteiger partial charge on any atom is -0.292 e. The molecule has 0 saturated heterocycles. The van der Waals surface area contributed by atoms with Gasteiger partial charge in [0.15, 0.2) is 17.4 Å². The van der Waals surface area contributed by atoms with Gasteiger partial charge < -0.3 is 0 Å². The molecule has 0 aliphatic carbocycles. The van der Waals surface area contributed by atoms with Crippen molar-refractivity contribution in [3.63, 3.8) is 0 Å². The quantitative estimate of drug-likeness (QED) is 0.370. The highest BCUT2D eigenvalue weighted by Crippen LogP contribution is 2.30. The molecule has 2 aromatic rings. The van der Waals surface area contributed by atoms with Crippen molar-refractivity contribution in [1.82, 2.24) is 0 Å². The molecule has 0 bridgehead atoms. The first kappa shape index (κ1) is 15.1. The van der Waals surface area contributed by atoms with Crippen LogP contribution in [0.5, 0.6) is 0 Å². The number of nitro benzene ring substituents is 1. The fraction of sp³-hybridized carbons (Fsp3) is 0.0714. The van der Waals surface area contributed by atoms with E-state index in [-0.39, 0.29) is 0 Å². The summed E-state index contributed by atoms with van der Waals surface area (Å²) in [6.07, 6.45) is 0. The van der Waals surface area contributed by atoms with Crippen LogP contribution in [0.3, 0.4) is 0 Å². The number of hydrogen-bond acceptors (Lipinski definition) is 3. The number of hydrogen-bond donors (Lipinski definition) is 0. The summed E-state index contributed by atoms with van der Waals surface area (Å²) >= 11 is 5.97. The number of nitrogens with zero attached hydrogens (tertiary/aromatic N) is 1. The van der Waals surface area contributed by atoms with E-state index < -0.39 is 39.0 Å². The molecule has 0 heterocycles. The van der Waals surface area contributed by atoms with E-state index in [0.29, 0.717) is 17.7 Å². The van der Waals surface area contributed by atoms with Crippen molar-refractivity contribution in [2.24, 2.45) is 0 Å². The van der Waals surface area contributed by atoms with Gasteiger partial charge in [0.05, 0.1) is 11.0 Å². The van der Waals surface area contributed by atoms with E-state index in [4.69, 9.17) is 11.6 Å². The number of rotatable bonds is 4. The van der Waals surface area contributed by atoms with Crippen LogP contribution in [0.25, 0.3) is 0 Å². The average molecular weight is 312 g/mol. The van der Waals surface area contributed by atoms with Crippen molar-refractivity contribution >= 4 is 23.1 Å². The summed E-state index contributed by atoms with van der Waals surface area (Å²) in [5.74, 6) is -3.61. The number of nitro groups is 1. The lowest BCUT2D eigenvalue weighted by Gasteiger charge is -2.09. The topological polar surface area (TPSA) is 60.2 Å². The maximum Gasteiger partial charge on any atom is 0.283 e. The van der Waals surface area contributed by atoms with Gasteiger partial charge in [-0.3, -0.25) is 14.9 Å². The van der Waals surface area contributed by atoms with Gasteiger partial charge in [-0.05, 0) is 11.6 Å². The molecular weight excluding hydrogens is 304 g/mol. The second kappa shape index (κ2) is 5.97. The number of carbonyl (C=O) groups is 1. The highest BCUT2D eigenvalue weighted by Gasteiger charge is 2.28. The standard InChI is InChI=1S/C14H8ClF2NO3/c15-13(8-4-2-1-3-5-8)14(19)9-6-10(16)11(17)7-12(9)18(20)21/h1-7,13H. The van der Waals surface area contributed by atoms with Gasteiger partial charge in [0.2, 0.25) is 0 Å². The van der Waals surface area contributed by atoms with Gasteiger partial charge in [0.25, 0.3) is 5.69 Å². The zero-order chi connectivity index (χ0) is 15.6. The van der Waals surface area contributed by atoms with Crippen molar-refractivity contribution in [2.45, 2.75) is 5.38 Å². The fourth-order valence-corrected chi connectivity index (χ4v) is 2.06. The molecule has 1 unspecified atom stereocenters. The smallest absolute Gasteiger partial charge is 0.283 e. The van der Waals surface area contributed by atoms with Crippen LogP contribution in [0.2, 0.25) is 0 Å². The fourth-order valence-electron chi connectivity index (χ4n) is 1.79. The summed E-state index contributed by atoms with van der Waals surface area (Å²) in [5, 5.41) is 9.64. The van der Waals surface area contributed by atoms with Crippen LogP contribution >= 0.6 is 11.6 Å². The molecule has 0 amide bonds. The molecule has 2 rings (SSSR count). The molecular formula is C14H8ClF2NO3. The Kier molecular flexibility index (Phi) is 4.28. The third kappa shape index (κ3) is 3.05. The monoisotopic (exact) mass is 311 g/mol. The maximum atomic E-state index is 13.3. The first-order valence-corrected chi connectivity index (χ1v) is 6.22. The normalized spacial score (nSPS) is 12.0. The largest absolute Gasteiger partial charge is 0.292 e. The lowest BCUT2D eigenvalue weighted by Crippen LogP contribution is -2.11. The molecule has 0 aliphatic rings. The second-order valence-corrected chi connectivity index (χ2v) is 4.61. The van der Waals surface area contributed by atoms with Crippen molar-refractivity contribution < 1.29 is 18.5 Å². The second-order valence-electron chi connectivity index (χ2n) is 4.18. The lowest BCUT2D eigenvalue weighted by atomic mass is 10.0. The first-order chi connectivity index (χ1) is 9.91. The third-order valence-electron chi connectivity index (χ3n) is 2.82. The van der Waals surface area contributed by atoms with Crippen molar-refractivity contribution in [1.29, 1.82) is 0 Å². The molecule has 0 aromatic heterocycles. The van der Waals surface area contributed by atoms with Crippen LogP contribution in [0, 0.1) is 21.7 Å². The molecule has 4 nitrogen and oxygen atoms in total. The Balaban J connectivity index is 2.48. The van der Waals surface area contributed by atoms with Crippen molar-refractivity contribution in [2.75, 3.05) is 0 Å². The SMILES string of the molecule is O=C(c1cc(F)c(F)cc1[N+](=O)[O-])C(Cl)c1ccccc1. The van der Waals surface area contributed by atoms with Gasteiger partial charge in [-0.2, -0.15) is 0 Å². The van der Waals surface area contributed by atoms with Gasteiger partial charge in [0.1, 0.15) is 10.9 Å². The molecule has 2 aromatic carbocycles. The molecule has 7 heteroatoms. The van der Waals surface area contributed by atoms with Gasteiger partial charge in [0, 0.05) is 0 Å². The molecule has 108 valence electrons.